The molecule has 7 heteroatoms. The average molecular weight is 279 g/mol. The van der Waals surface area contributed by atoms with Crippen LogP contribution in [0.25, 0.3) is 0 Å². The van der Waals surface area contributed by atoms with Gasteiger partial charge in [0.2, 0.25) is 5.91 Å². The molecular formula is C10H12Cl2N2O3. The van der Waals surface area contributed by atoms with Gasteiger partial charge in [0.1, 0.15) is 6.04 Å². The van der Waals surface area contributed by atoms with Crippen molar-refractivity contribution in [2.24, 2.45) is 5.73 Å². The first kappa shape index (κ1) is 14.1. The Morgan fingerprint density at radius 1 is 1.53 bits per heavy atom. The summed E-state index contributed by atoms with van der Waals surface area (Å²) in [7, 11) is 1.45. The molecule has 1 aromatic carbocycles. The third-order valence-corrected chi connectivity index (χ3v) is 2.54. The number of nitrogens with one attached hydrogen (secondary N) is 1. The Morgan fingerprint density at radius 2 is 2.06 bits per heavy atom. The van der Waals surface area contributed by atoms with Crippen molar-refractivity contribution in [1.82, 2.24) is 0 Å². The number of carbonyl (C=O) groups is 1. The number of amides is 1. The number of aromatic hydroxyl groups is 1. The van der Waals surface area contributed by atoms with Crippen molar-refractivity contribution in [3.63, 3.8) is 0 Å². The monoisotopic (exact) mass is 278 g/mol. The normalized spacial score (nSPS) is 12.2. The number of methoxy groups -OCH3 is 1. The van der Waals surface area contributed by atoms with Gasteiger partial charge >= 0.3 is 0 Å². The zero-order chi connectivity index (χ0) is 13.0. The smallest absolute Gasteiger partial charge is 0.243 e. The van der Waals surface area contributed by atoms with E-state index < -0.39 is 11.9 Å². The molecule has 0 aromatic heterocycles. The molecule has 5 nitrogen and oxygen atoms in total. The molecule has 94 valence electrons. The predicted octanol–water partition coefficient (Wildman–Crippen LogP) is 1.61. The third kappa shape index (κ3) is 3.74. The van der Waals surface area contributed by atoms with Crippen molar-refractivity contribution in [3.05, 3.63) is 22.2 Å². The summed E-state index contributed by atoms with van der Waals surface area (Å²) in [6.45, 7) is 0.103. The number of hydrogen-bond donors (Lipinski definition) is 3. The summed E-state index contributed by atoms with van der Waals surface area (Å²) < 4.78 is 4.75. The first-order valence-corrected chi connectivity index (χ1v) is 5.44. The van der Waals surface area contributed by atoms with Crippen molar-refractivity contribution >= 4 is 34.8 Å². The Labute approximate surface area is 108 Å². The van der Waals surface area contributed by atoms with Gasteiger partial charge in [-0.15, -0.1) is 0 Å². The van der Waals surface area contributed by atoms with Gasteiger partial charge in [-0.3, -0.25) is 4.79 Å². The van der Waals surface area contributed by atoms with Crippen LogP contribution in [0.15, 0.2) is 12.1 Å². The molecule has 0 fully saturated rings. The summed E-state index contributed by atoms with van der Waals surface area (Å²) in [4.78, 5) is 11.5. The summed E-state index contributed by atoms with van der Waals surface area (Å²) in [5, 5.41) is 11.9. The van der Waals surface area contributed by atoms with Crippen LogP contribution in [0.5, 0.6) is 5.75 Å². The van der Waals surface area contributed by atoms with Gasteiger partial charge in [0, 0.05) is 12.8 Å². The van der Waals surface area contributed by atoms with Gasteiger partial charge in [0.25, 0.3) is 0 Å². The number of rotatable bonds is 4. The number of anilines is 1. The Morgan fingerprint density at radius 3 is 2.53 bits per heavy atom. The topological polar surface area (TPSA) is 84.6 Å². The molecule has 1 amide bonds. The van der Waals surface area contributed by atoms with E-state index in [9.17, 15) is 9.90 Å². The highest BCUT2D eigenvalue weighted by Gasteiger charge is 2.14. The molecule has 1 aromatic rings. The fourth-order valence-electron chi connectivity index (χ4n) is 1.13. The minimum atomic E-state index is -0.786. The summed E-state index contributed by atoms with van der Waals surface area (Å²) >= 11 is 11.4. The maximum Gasteiger partial charge on any atom is 0.243 e. The van der Waals surface area contributed by atoms with Gasteiger partial charge in [-0.05, 0) is 12.1 Å². The van der Waals surface area contributed by atoms with Crippen LogP contribution in [0.4, 0.5) is 5.69 Å². The van der Waals surface area contributed by atoms with E-state index in [2.05, 4.69) is 5.32 Å². The number of nitrogens with two attached hydrogens (primary N) is 1. The highest BCUT2D eigenvalue weighted by Crippen LogP contribution is 2.34. The second-order valence-corrected chi connectivity index (χ2v) is 4.15. The van der Waals surface area contributed by atoms with Crippen LogP contribution in [-0.4, -0.2) is 30.8 Å². The van der Waals surface area contributed by atoms with E-state index in [-0.39, 0.29) is 22.4 Å². The van der Waals surface area contributed by atoms with Crippen molar-refractivity contribution in [3.8, 4) is 5.75 Å². The summed E-state index contributed by atoms with van der Waals surface area (Å²) in [5.41, 5.74) is 5.89. The second kappa shape index (κ2) is 6.07. The van der Waals surface area contributed by atoms with Crippen LogP contribution in [0, 0.1) is 0 Å². The van der Waals surface area contributed by atoms with E-state index in [1.54, 1.807) is 0 Å². The Kier molecular flexibility index (Phi) is 5.02. The third-order valence-electron chi connectivity index (χ3n) is 1.97. The molecule has 0 aliphatic heterocycles. The van der Waals surface area contributed by atoms with Crippen LogP contribution in [0.2, 0.25) is 10.0 Å². The van der Waals surface area contributed by atoms with Crippen LogP contribution in [-0.2, 0) is 9.53 Å². The fourth-order valence-corrected chi connectivity index (χ4v) is 1.61. The average Bonchev–Trinajstić information content (AvgIpc) is 2.26. The van der Waals surface area contributed by atoms with Crippen LogP contribution >= 0.6 is 23.2 Å². The molecule has 0 bridgehead atoms. The van der Waals surface area contributed by atoms with E-state index >= 15 is 0 Å². The Bertz CT molecular complexity index is 403. The molecule has 0 saturated carbocycles. The van der Waals surface area contributed by atoms with Crippen molar-refractivity contribution in [1.29, 1.82) is 0 Å². The highest BCUT2D eigenvalue weighted by molar-refractivity contribution is 6.37. The number of ether oxygens (including phenoxy) is 1. The Hall–Kier alpha value is -1.01. The maximum absolute atomic E-state index is 11.5. The van der Waals surface area contributed by atoms with Gasteiger partial charge in [-0.25, -0.2) is 0 Å². The van der Waals surface area contributed by atoms with Gasteiger partial charge in [0.05, 0.1) is 16.7 Å². The van der Waals surface area contributed by atoms with Crippen molar-refractivity contribution in [2.75, 3.05) is 19.0 Å². The number of carbonyl (C=O) groups excluding carboxylic acids is 1. The molecule has 0 aliphatic carbocycles. The lowest BCUT2D eigenvalue weighted by molar-refractivity contribution is -0.118. The molecule has 0 heterocycles. The zero-order valence-corrected chi connectivity index (χ0v) is 10.5. The van der Waals surface area contributed by atoms with Gasteiger partial charge in [0.15, 0.2) is 5.75 Å². The molecule has 4 N–H and O–H groups in total. The summed E-state index contributed by atoms with van der Waals surface area (Å²) in [5.74, 6) is -0.655. The molecule has 1 rings (SSSR count). The van der Waals surface area contributed by atoms with Crippen LogP contribution in [0.3, 0.4) is 0 Å². The quantitative estimate of drug-likeness (QED) is 0.731. The zero-order valence-electron chi connectivity index (χ0n) is 9.04. The fraction of sp³-hybridized carbons (Fsp3) is 0.300. The van der Waals surface area contributed by atoms with Crippen LogP contribution in [0.1, 0.15) is 0 Å². The van der Waals surface area contributed by atoms with Crippen molar-refractivity contribution in [2.45, 2.75) is 6.04 Å². The Balaban J connectivity index is 2.79. The standard InChI is InChI=1S/C10H12Cl2N2O3/c1-17-4-8(13)10(16)14-5-2-6(11)9(15)7(12)3-5/h2-3,8,15H,4,13H2,1H3,(H,14,16). The first-order valence-electron chi connectivity index (χ1n) is 4.69. The lowest BCUT2D eigenvalue weighted by Gasteiger charge is -2.12. The van der Waals surface area contributed by atoms with Gasteiger partial charge in [-0.2, -0.15) is 0 Å². The molecule has 0 aliphatic rings. The molecule has 0 radical (unpaired) electrons. The number of phenols is 1. The van der Waals surface area contributed by atoms with E-state index in [1.165, 1.54) is 19.2 Å². The number of hydrogen-bond acceptors (Lipinski definition) is 4. The molecule has 0 spiro atoms. The lowest BCUT2D eigenvalue weighted by atomic mass is 10.2. The first-order chi connectivity index (χ1) is 7.95. The van der Waals surface area contributed by atoms with E-state index in [0.29, 0.717) is 5.69 Å². The van der Waals surface area contributed by atoms with E-state index in [1.807, 2.05) is 0 Å². The summed E-state index contributed by atoms with van der Waals surface area (Å²) in [6, 6.07) is 1.96. The van der Waals surface area contributed by atoms with Crippen LogP contribution < -0.4 is 11.1 Å². The largest absolute Gasteiger partial charge is 0.505 e. The highest BCUT2D eigenvalue weighted by atomic mass is 35.5. The number of benzene rings is 1. The van der Waals surface area contributed by atoms with Crippen molar-refractivity contribution < 1.29 is 14.6 Å². The summed E-state index contributed by atoms with van der Waals surface area (Å²) in [6.07, 6.45) is 0. The van der Waals surface area contributed by atoms with Gasteiger partial charge < -0.3 is 20.9 Å². The predicted molar refractivity (Wildman–Crippen MR) is 66.6 cm³/mol. The molecule has 17 heavy (non-hydrogen) atoms. The minimum Gasteiger partial charge on any atom is -0.505 e. The van der Waals surface area contributed by atoms with E-state index in [4.69, 9.17) is 33.7 Å². The second-order valence-electron chi connectivity index (χ2n) is 3.34. The molecule has 1 atom stereocenters. The molecule has 0 saturated heterocycles. The lowest BCUT2D eigenvalue weighted by Crippen LogP contribution is -2.39. The minimum absolute atomic E-state index is 0.0492. The van der Waals surface area contributed by atoms with Gasteiger partial charge in [-0.1, -0.05) is 23.2 Å². The number of phenolic OH excluding ortho intramolecular Hbond substituents is 1. The molecular weight excluding hydrogens is 267 g/mol. The SMILES string of the molecule is COCC(N)C(=O)Nc1cc(Cl)c(O)c(Cl)c1. The maximum atomic E-state index is 11.5. The number of halogens is 2. The molecule has 1 unspecified atom stereocenters. The van der Waals surface area contributed by atoms with E-state index in [0.717, 1.165) is 0 Å².